The van der Waals surface area contributed by atoms with Crippen LogP contribution in [0.15, 0.2) is 35.2 Å². The van der Waals surface area contributed by atoms with Crippen molar-refractivity contribution in [3.63, 3.8) is 0 Å². The van der Waals surface area contributed by atoms with Gasteiger partial charge in [-0.2, -0.15) is 4.98 Å². The molecule has 0 aliphatic carbocycles. The number of amides is 1. The average Bonchev–Trinajstić information content (AvgIpc) is 3.16. The minimum absolute atomic E-state index is 0.0831. The largest absolute Gasteiger partial charge is 0.481 e. The van der Waals surface area contributed by atoms with Gasteiger partial charge in [-0.05, 0) is 18.6 Å². The van der Waals surface area contributed by atoms with E-state index in [4.69, 9.17) is 9.26 Å². The highest BCUT2D eigenvalue weighted by Crippen LogP contribution is 2.24. The quantitative estimate of drug-likeness (QED) is 0.856. The number of nitrogens with zero attached hydrogens (tertiary/aromatic N) is 3. The highest BCUT2D eigenvalue weighted by Gasteiger charge is 2.30. The number of carbonyl (C=O) groups is 1. The van der Waals surface area contributed by atoms with E-state index in [1.165, 1.54) is 18.5 Å². The van der Waals surface area contributed by atoms with Crippen LogP contribution in [0, 0.1) is 5.82 Å². The molecule has 2 aromatic rings. The number of benzene rings is 1. The molecule has 3 rings (SSSR count). The molecule has 6 nitrogen and oxygen atoms in total. The van der Waals surface area contributed by atoms with Crippen LogP contribution < -0.4 is 4.74 Å². The third-order valence-electron chi connectivity index (χ3n) is 3.47. The van der Waals surface area contributed by atoms with E-state index in [0.29, 0.717) is 18.9 Å². The van der Waals surface area contributed by atoms with Gasteiger partial charge in [-0.3, -0.25) is 4.79 Å². The van der Waals surface area contributed by atoms with Crippen molar-refractivity contribution < 1.29 is 18.4 Å². The Morgan fingerprint density at radius 1 is 1.48 bits per heavy atom. The minimum Gasteiger partial charge on any atom is -0.481 e. The van der Waals surface area contributed by atoms with E-state index < -0.39 is 5.82 Å². The fraction of sp³-hybridized carbons (Fsp3) is 0.357. The Kier molecular flexibility index (Phi) is 3.81. The highest BCUT2D eigenvalue weighted by molar-refractivity contribution is 5.78. The molecule has 1 aromatic carbocycles. The Labute approximate surface area is 120 Å². The van der Waals surface area contributed by atoms with E-state index in [0.717, 1.165) is 6.42 Å². The number of ether oxygens (including phenoxy) is 1. The molecule has 7 heteroatoms. The average molecular weight is 291 g/mol. The summed E-state index contributed by atoms with van der Waals surface area (Å²) in [7, 11) is 0. The van der Waals surface area contributed by atoms with Crippen molar-refractivity contribution in [2.24, 2.45) is 0 Å². The lowest BCUT2D eigenvalue weighted by atomic mass is 10.1. The summed E-state index contributed by atoms with van der Waals surface area (Å²) in [6.07, 6.45) is 2.06. The van der Waals surface area contributed by atoms with E-state index in [9.17, 15) is 9.18 Å². The van der Waals surface area contributed by atoms with Gasteiger partial charge in [0.2, 0.25) is 6.39 Å². The molecule has 0 saturated carbocycles. The van der Waals surface area contributed by atoms with Crippen molar-refractivity contribution in [3.05, 3.63) is 42.3 Å². The lowest BCUT2D eigenvalue weighted by Gasteiger charge is -2.16. The van der Waals surface area contributed by atoms with Gasteiger partial charge < -0.3 is 14.2 Å². The van der Waals surface area contributed by atoms with Crippen LogP contribution in [0.3, 0.4) is 0 Å². The van der Waals surface area contributed by atoms with Crippen molar-refractivity contribution >= 4 is 5.91 Å². The summed E-state index contributed by atoms with van der Waals surface area (Å²) >= 11 is 0. The van der Waals surface area contributed by atoms with Gasteiger partial charge in [0, 0.05) is 19.0 Å². The van der Waals surface area contributed by atoms with Crippen LogP contribution in [0.2, 0.25) is 0 Å². The number of hydrogen-bond donors (Lipinski definition) is 0. The topological polar surface area (TPSA) is 68.5 Å². The summed E-state index contributed by atoms with van der Waals surface area (Å²) in [6, 6.07) is 6.02. The normalized spacial score (nSPS) is 18.0. The Bertz CT molecular complexity index is 618. The zero-order valence-corrected chi connectivity index (χ0v) is 11.2. The molecule has 1 aliphatic rings. The summed E-state index contributed by atoms with van der Waals surface area (Å²) in [5, 5.41) is 3.79. The molecule has 1 atom stereocenters. The van der Waals surface area contributed by atoms with E-state index in [1.807, 2.05) is 0 Å². The Morgan fingerprint density at radius 2 is 2.33 bits per heavy atom. The summed E-state index contributed by atoms with van der Waals surface area (Å²) in [5.41, 5.74) is 0. The molecule has 0 N–H and O–H groups in total. The first kappa shape index (κ1) is 13.5. The van der Waals surface area contributed by atoms with Gasteiger partial charge in [0.05, 0.1) is 0 Å². The van der Waals surface area contributed by atoms with Gasteiger partial charge in [-0.15, -0.1) is 0 Å². The number of halogens is 1. The van der Waals surface area contributed by atoms with Gasteiger partial charge >= 0.3 is 0 Å². The fourth-order valence-corrected chi connectivity index (χ4v) is 2.35. The van der Waals surface area contributed by atoms with Crippen molar-refractivity contribution in [2.45, 2.75) is 12.3 Å². The first-order valence-electron chi connectivity index (χ1n) is 6.65. The molecule has 1 fully saturated rings. The molecular formula is C14H14FN3O3. The van der Waals surface area contributed by atoms with Crippen LogP contribution in [-0.2, 0) is 4.79 Å². The van der Waals surface area contributed by atoms with Gasteiger partial charge in [0.15, 0.2) is 24.0 Å². The Hall–Kier alpha value is -2.44. The zero-order chi connectivity index (χ0) is 14.7. The molecule has 0 radical (unpaired) electrons. The summed E-state index contributed by atoms with van der Waals surface area (Å²) in [5.74, 6) is 0.127. The second-order valence-corrected chi connectivity index (χ2v) is 4.83. The van der Waals surface area contributed by atoms with Crippen LogP contribution in [0.5, 0.6) is 5.75 Å². The lowest BCUT2D eigenvalue weighted by molar-refractivity contribution is -0.132. The van der Waals surface area contributed by atoms with Crippen molar-refractivity contribution in [3.8, 4) is 5.75 Å². The van der Waals surface area contributed by atoms with Gasteiger partial charge in [-0.25, -0.2) is 4.39 Å². The van der Waals surface area contributed by atoms with Crippen LogP contribution in [-0.4, -0.2) is 40.6 Å². The van der Waals surface area contributed by atoms with Crippen LogP contribution in [0.4, 0.5) is 4.39 Å². The van der Waals surface area contributed by atoms with Crippen molar-refractivity contribution in [1.29, 1.82) is 0 Å². The molecule has 0 unspecified atom stereocenters. The lowest BCUT2D eigenvalue weighted by Crippen LogP contribution is -2.33. The number of aromatic nitrogens is 2. The first-order valence-corrected chi connectivity index (χ1v) is 6.65. The van der Waals surface area contributed by atoms with E-state index in [-0.39, 0.29) is 24.2 Å². The number of hydrogen-bond acceptors (Lipinski definition) is 5. The summed E-state index contributed by atoms with van der Waals surface area (Å²) < 4.78 is 23.3. The monoisotopic (exact) mass is 291 g/mol. The minimum atomic E-state index is -0.476. The number of para-hydroxylation sites is 1. The number of likely N-dealkylation sites (tertiary alicyclic amines) is 1. The maximum Gasteiger partial charge on any atom is 0.260 e. The predicted molar refractivity (Wildman–Crippen MR) is 70.1 cm³/mol. The van der Waals surface area contributed by atoms with Gasteiger partial charge in [-0.1, -0.05) is 17.3 Å². The standard InChI is InChI=1S/C14H14FN3O3/c15-11-3-1-2-4-12(11)20-8-13(19)18-6-5-10(7-18)14-16-9-21-17-14/h1-4,9-10H,5-8H2/t10-/m1/s1. The molecule has 2 heterocycles. The molecular weight excluding hydrogens is 277 g/mol. The van der Waals surface area contributed by atoms with Gasteiger partial charge in [0.1, 0.15) is 0 Å². The fourth-order valence-electron chi connectivity index (χ4n) is 2.35. The van der Waals surface area contributed by atoms with Crippen molar-refractivity contribution in [2.75, 3.05) is 19.7 Å². The van der Waals surface area contributed by atoms with Gasteiger partial charge in [0.25, 0.3) is 5.91 Å². The maximum atomic E-state index is 13.4. The second kappa shape index (κ2) is 5.90. The van der Waals surface area contributed by atoms with Crippen LogP contribution in [0.25, 0.3) is 0 Å². The molecule has 1 saturated heterocycles. The number of rotatable bonds is 4. The molecule has 1 amide bonds. The molecule has 0 bridgehead atoms. The van der Waals surface area contributed by atoms with E-state index in [2.05, 4.69) is 10.1 Å². The SMILES string of the molecule is O=C(COc1ccccc1F)N1CC[C@@H](c2ncon2)C1. The summed E-state index contributed by atoms with van der Waals surface area (Å²) in [6.45, 7) is 0.956. The molecule has 1 aliphatic heterocycles. The van der Waals surface area contributed by atoms with Crippen LogP contribution in [0.1, 0.15) is 18.2 Å². The predicted octanol–water partition coefficient (Wildman–Crippen LogP) is 1.60. The Morgan fingerprint density at radius 3 is 3.10 bits per heavy atom. The molecule has 0 spiro atoms. The Balaban J connectivity index is 1.54. The number of carbonyl (C=O) groups excluding carboxylic acids is 1. The highest BCUT2D eigenvalue weighted by atomic mass is 19.1. The molecule has 1 aromatic heterocycles. The van der Waals surface area contributed by atoms with Crippen molar-refractivity contribution in [1.82, 2.24) is 15.0 Å². The third-order valence-corrected chi connectivity index (χ3v) is 3.47. The van der Waals surface area contributed by atoms with E-state index in [1.54, 1.807) is 17.0 Å². The van der Waals surface area contributed by atoms with Crippen LogP contribution >= 0.6 is 0 Å². The first-order chi connectivity index (χ1) is 10.2. The second-order valence-electron chi connectivity index (χ2n) is 4.83. The molecule has 21 heavy (non-hydrogen) atoms. The third kappa shape index (κ3) is 3.01. The van der Waals surface area contributed by atoms with E-state index >= 15 is 0 Å². The maximum absolute atomic E-state index is 13.4. The smallest absolute Gasteiger partial charge is 0.260 e. The molecule has 110 valence electrons. The zero-order valence-electron chi connectivity index (χ0n) is 11.2. The summed E-state index contributed by atoms with van der Waals surface area (Å²) in [4.78, 5) is 17.7.